The molecule has 4 aliphatic rings. The van der Waals surface area contributed by atoms with E-state index < -0.39 is 0 Å². The molecule has 13 rings (SSSR count). The van der Waals surface area contributed by atoms with Gasteiger partial charge in [0, 0.05) is 50.9 Å². The first-order chi connectivity index (χ1) is 33.7. The molecule has 3 aliphatic heterocycles. The highest BCUT2D eigenvalue weighted by Gasteiger charge is 2.61. The zero-order chi connectivity index (χ0) is 46.5. The largest absolute Gasteiger partial charge is 0.334 e. The maximum absolute atomic E-state index is 2.81. The van der Waals surface area contributed by atoms with E-state index in [9.17, 15) is 0 Å². The molecule has 1 saturated carbocycles. The van der Waals surface area contributed by atoms with Crippen LogP contribution in [0.5, 0.6) is 0 Å². The smallest absolute Gasteiger partial charge is 0.252 e. The second kappa shape index (κ2) is 15.8. The van der Waals surface area contributed by atoms with Gasteiger partial charge in [-0.2, -0.15) is 0 Å². The number of hydrogen-bond donors (Lipinski definition) is 0. The molecule has 3 heterocycles. The van der Waals surface area contributed by atoms with Crippen LogP contribution in [0.2, 0.25) is 0 Å². The second-order valence-corrected chi connectivity index (χ2v) is 21.0. The minimum absolute atomic E-state index is 0.000752. The maximum Gasteiger partial charge on any atom is 0.252 e. The zero-order valence-electron chi connectivity index (χ0n) is 40.0. The van der Waals surface area contributed by atoms with Crippen molar-refractivity contribution in [1.82, 2.24) is 0 Å². The number of fused-ring (bicyclic) bond motifs is 7. The molecule has 3 nitrogen and oxygen atoms in total. The number of nitrogens with zero attached hydrogens (tertiary/aromatic N) is 3. The van der Waals surface area contributed by atoms with Gasteiger partial charge in [0.2, 0.25) is 0 Å². The standard InChI is InChI=1S/C65H56BN3/c1-63(2,3)50-35-37-57-54(42-50)65(49-27-13-7-14-28-49)39-20-19-38-64(65,4)69(57)53-43-60-62-61(44-53)68(52-31-21-26-47(40-52)45-22-9-5-10-23-45)59-41-48(46-24-11-6-12-25-46)34-36-56(59)66(62)55-32-17-18-33-58(55)67(60)51-29-15-8-16-30-51/h5-18,21-37,40-44H,19-20,38-39H2,1-4H3. The van der Waals surface area contributed by atoms with Crippen LogP contribution in [0, 0.1) is 0 Å². The summed E-state index contributed by atoms with van der Waals surface area (Å²) in [7, 11) is 0. The highest BCUT2D eigenvalue weighted by molar-refractivity contribution is 7.00. The predicted octanol–water partition coefficient (Wildman–Crippen LogP) is 15.2. The van der Waals surface area contributed by atoms with Crippen LogP contribution in [-0.2, 0) is 10.8 Å². The topological polar surface area (TPSA) is 9.72 Å². The van der Waals surface area contributed by atoms with E-state index in [2.05, 4.69) is 261 Å². The van der Waals surface area contributed by atoms with E-state index in [0.717, 1.165) is 24.2 Å². The highest BCUT2D eigenvalue weighted by Crippen LogP contribution is 2.64. The Kier molecular flexibility index (Phi) is 9.50. The first-order valence-electron chi connectivity index (χ1n) is 25.0. The Hall–Kier alpha value is -7.56. The molecular formula is C65H56BN3. The molecule has 0 aromatic heterocycles. The fourth-order valence-electron chi connectivity index (χ4n) is 13.1. The molecule has 1 fully saturated rings. The fraction of sp³-hybridized carbons (Fsp3) is 0.169. The van der Waals surface area contributed by atoms with Crippen LogP contribution >= 0.6 is 0 Å². The van der Waals surface area contributed by atoms with Gasteiger partial charge >= 0.3 is 0 Å². The monoisotopic (exact) mass is 889 g/mol. The SMILES string of the molecule is CC(C)(C)c1ccc2c(c1)C1(c3ccccc3)CCCCC1(C)N2c1cc2c3c(c1)N(c1cccc(-c4ccccc4)c1)c1cc(-c4ccccc4)ccc1B3c1ccccc1N2c1ccccc1. The van der Waals surface area contributed by atoms with Gasteiger partial charge in [-0.05, 0) is 135 Å². The van der Waals surface area contributed by atoms with Crippen molar-refractivity contribution in [2.75, 3.05) is 14.7 Å². The molecule has 9 aromatic rings. The quantitative estimate of drug-likeness (QED) is 0.154. The number of rotatable bonds is 6. The lowest BCUT2D eigenvalue weighted by Gasteiger charge is -2.53. The van der Waals surface area contributed by atoms with Crippen LogP contribution in [0.25, 0.3) is 22.3 Å². The lowest BCUT2D eigenvalue weighted by atomic mass is 9.33. The third-order valence-corrected chi connectivity index (χ3v) is 16.3. The summed E-state index contributed by atoms with van der Waals surface area (Å²) in [5.41, 5.74) is 22.3. The first kappa shape index (κ1) is 41.6. The summed E-state index contributed by atoms with van der Waals surface area (Å²) in [6, 6.07) is 82.6. The van der Waals surface area contributed by atoms with Crippen molar-refractivity contribution in [3.05, 3.63) is 235 Å². The lowest BCUT2D eigenvalue weighted by Crippen LogP contribution is -2.61. The van der Waals surface area contributed by atoms with Crippen molar-refractivity contribution in [2.24, 2.45) is 0 Å². The van der Waals surface area contributed by atoms with Gasteiger partial charge in [-0.25, -0.2) is 0 Å². The molecule has 0 saturated heterocycles. The third kappa shape index (κ3) is 6.27. The van der Waals surface area contributed by atoms with Crippen LogP contribution in [0.15, 0.2) is 218 Å². The Bertz CT molecular complexity index is 3420. The van der Waals surface area contributed by atoms with Crippen LogP contribution in [0.4, 0.5) is 45.5 Å². The summed E-state index contributed by atoms with van der Waals surface area (Å²) in [5, 5.41) is 0. The van der Waals surface area contributed by atoms with Crippen LogP contribution < -0.4 is 31.1 Å². The average Bonchev–Trinajstić information content (AvgIpc) is 3.64. The molecule has 0 amide bonds. The number of hydrogen-bond acceptors (Lipinski definition) is 3. The summed E-state index contributed by atoms with van der Waals surface area (Å²) in [4.78, 5) is 7.98. The van der Waals surface area contributed by atoms with Gasteiger partial charge in [0.25, 0.3) is 6.71 Å². The molecule has 4 heteroatoms. The third-order valence-electron chi connectivity index (χ3n) is 16.3. The van der Waals surface area contributed by atoms with E-state index in [1.807, 2.05) is 0 Å². The summed E-state index contributed by atoms with van der Waals surface area (Å²) >= 11 is 0. The molecule has 0 N–H and O–H groups in total. The number of benzene rings is 9. The van der Waals surface area contributed by atoms with Crippen LogP contribution in [0.3, 0.4) is 0 Å². The Morgan fingerprint density at radius 1 is 0.420 bits per heavy atom. The highest BCUT2D eigenvalue weighted by atomic mass is 15.3. The minimum atomic E-state index is -0.263. The van der Waals surface area contributed by atoms with Gasteiger partial charge in [0.15, 0.2) is 0 Å². The minimum Gasteiger partial charge on any atom is -0.334 e. The molecule has 0 bridgehead atoms. The summed E-state index contributed by atoms with van der Waals surface area (Å²) < 4.78 is 0. The molecular weight excluding hydrogens is 834 g/mol. The van der Waals surface area contributed by atoms with Crippen molar-refractivity contribution in [2.45, 2.75) is 69.7 Å². The van der Waals surface area contributed by atoms with Gasteiger partial charge in [-0.15, -0.1) is 0 Å². The van der Waals surface area contributed by atoms with Gasteiger partial charge < -0.3 is 14.7 Å². The van der Waals surface area contributed by atoms with Gasteiger partial charge in [-0.3, -0.25) is 0 Å². The summed E-state index contributed by atoms with van der Waals surface area (Å²) in [6.45, 7) is 9.68. The Morgan fingerprint density at radius 2 is 0.986 bits per heavy atom. The van der Waals surface area contributed by atoms with Crippen molar-refractivity contribution in [3.8, 4) is 22.3 Å². The first-order valence-corrected chi connectivity index (χ1v) is 25.0. The van der Waals surface area contributed by atoms with E-state index in [0.29, 0.717) is 0 Å². The van der Waals surface area contributed by atoms with Crippen molar-refractivity contribution >= 4 is 68.6 Å². The van der Waals surface area contributed by atoms with Crippen molar-refractivity contribution < 1.29 is 0 Å². The molecule has 2 unspecified atom stereocenters. The van der Waals surface area contributed by atoms with E-state index >= 15 is 0 Å². The Balaban J connectivity index is 1.14. The molecule has 9 aromatic carbocycles. The van der Waals surface area contributed by atoms with E-state index in [4.69, 9.17) is 0 Å². The summed E-state index contributed by atoms with van der Waals surface area (Å²) in [6.07, 6.45) is 4.55. The van der Waals surface area contributed by atoms with Gasteiger partial charge in [0.05, 0.1) is 5.54 Å². The average molecular weight is 890 g/mol. The van der Waals surface area contributed by atoms with Crippen LogP contribution in [-0.4, -0.2) is 12.3 Å². The predicted molar refractivity (Wildman–Crippen MR) is 293 cm³/mol. The van der Waals surface area contributed by atoms with E-state index in [1.165, 1.54) is 102 Å². The zero-order valence-corrected chi connectivity index (χ0v) is 40.0. The maximum atomic E-state index is 2.81. The molecule has 0 radical (unpaired) electrons. The lowest BCUT2D eigenvalue weighted by molar-refractivity contribution is 0.215. The second-order valence-electron chi connectivity index (χ2n) is 21.0. The van der Waals surface area contributed by atoms with Gasteiger partial charge in [0.1, 0.15) is 0 Å². The Morgan fingerprint density at radius 3 is 1.68 bits per heavy atom. The fourth-order valence-corrected chi connectivity index (χ4v) is 13.1. The molecule has 69 heavy (non-hydrogen) atoms. The van der Waals surface area contributed by atoms with Crippen LogP contribution in [0.1, 0.15) is 70.1 Å². The number of para-hydroxylation sites is 2. The van der Waals surface area contributed by atoms with Gasteiger partial charge in [-0.1, -0.05) is 197 Å². The van der Waals surface area contributed by atoms with Crippen molar-refractivity contribution in [1.29, 1.82) is 0 Å². The number of anilines is 8. The normalized spacial score (nSPS) is 18.8. The van der Waals surface area contributed by atoms with E-state index in [-0.39, 0.29) is 23.1 Å². The molecule has 0 spiro atoms. The van der Waals surface area contributed by atoms with Crippen molar-refractivity contribution in [3.63, 3.8) is 0 Å². The van der Waals surface area contributed by atoms with E-state index in [1.54, 1.807) is 0 Å². The molecule has 1 aliphatic carbocycles. The molecule has 334 valence electrons. The molecule has 2 atom stereocenters. The Labute approximate surface area is 408 Å². The summed E-state index contributed by atoms with van der Waals surface area (Å²) in [5.74, 6) is 0.